The SMILES string of the molecule is CC(=O)[C@H]1[C@H](c2ccccc2)[C@@H](c2ccccc2)C[C@@]1(C)O. The molecule has 3 rings (SSSR count). The highest BCUT2D eigenvalue weighted by Gasteiger charge is 2.52. The molecule has 2 aromatic rings. The first-order chi connectivity index (χ1) is 10.5. The average molecular weight is 294 g/mol. The molecule has 0 amide bonds. The largest absolute Gasteiger partial charge is 0.389 e. The smallest absolute Gasteiger partial charge is 0.136 e. The molecule has 2 aromatic carbocycles. The molecule has 22 heavy (non-hydrogen) atoms. The standard InChI is InChI=1S/C20H22O2/c1-14(21)19-18(16-11-7-4-8-12-16)17(13-20(19,2)22)15-9-5-3-6-10-15/h3-12,17-19,22H,13H2,1-2H3/t17-,18-,19+,20-/m1/s1. The summed E-state index contributed by atoms with van der Waals surface area (Å²) in [5, 5.41) is 10.9. The molecule has 0 aromatic heterocycles. The Hall–Kier alpha value is -1.93. The van der Waals surface area contributed by atoms with Crippen LogP contribution in [0.5, 0.6) is 0 Å². The Kier molecular flexibility index (Phi) is 3.88. The third kappa shape index (κ3) is 2.59. The van der Waals surface area contributed by atoms with Crippen molar-refractivity contribution in [3.8, 4) is 0 Å². The first-order valence-electron chi connectivity index (χ1n) is 7.83. The molecular weight excluding hydrogens is 272 g/mol. The predicted molar refractivity (Wildman–Crippen MR) is 87.8 cm³/mol. The second-order valence-corrected chi connectivity index (χ2v) is 6.60. The Labute approximate surface area is 131 Å². The van der Waals surface area contributed by atoms with Gasteiger partial charge in [-0.25, -0.2) is 0 Å². The first-order valence-corrected chi connectivity index (χ1v) is 7.83. The van der Waals surface area contributed by atoms with Crippen LogP contribution in [0.25, 0.3) is 0 Å². The van der Waals surface area contributed by atoms with E-state index < -0.39 is 5.60 Å². The van der Waals surface area contributed by atoms with Gasteiger partial charge in [-0.05, 0) is 37.3 Å². The van der Waals surface area contributed by atoms with Gasteiger partial charge in [0.2, 0.25) is 0 Å². The van der Waals surface area contributed by atoms with Crippen molar-refractivity contribution in [1.29, 1.82) is 0 Å². The molecule has 0 heterocycles. The summed E-state index contributed by atoms with van der Waals surface area (Å²) in [5.74, 6) is -0.110. The van der Waals surface area contributed by atoms with Crippen molar-refractivity contribution < 1.29 is 9.90 Å². The van der Waals surface area contributed by atoms with E-state index in [1.165, 1.54) is 5.56 Å². The van der Waals surface area contributed by atoms with Gasteiger partial charge in [-0.1, -0.05) is 60.7 Å². The Balaban J connectivity index is 2.11. The first kappa shape index (κ1) is 15.0. The number of carbonyl (C=O) groups is 1. The molecule has 2 heteroatoms. The third-order valence-electron chi connectivity index (χ3n) is 4.95. The van der Waals surface area contributed by atoms with E-state index >= 15 is 0 Å². The minimum atomic E-state index is -0.965. The number of carbonyl (C=O) groups excluding carboxylic acids is 1. The van der Waals surface area contributed by atoms with Gasteiger partial charge in [0, 0.05) is 5.92 Å². The van der Waals surface area contributed by atoms with E-state index in [1.807, 2.05) is 36.4 Å². The fourth-order valence-electron chi connectivity index (χ4n) is 4.13. The molecule has 4 atom stereocenters. The van der Waals surface area contributed by atoms with E-state index in [-0.39, 0.29) is 23.5 Å². The van der Waals surface area contributed by atoms with E-state index in [9.17, 15) is 9.90 Å². The average Bonchev–Trinajstić information content (AvgIpc) is 2.80. The van der Waals surface area contributed by atoms with Crippen LogP contribution in [0.15, 0.2) is 60.7 Å². The molecule has 0 bridgehead atoms. The van der Waals surface area contributed by atoms with E-state index in [0.29, 0.717) is 6.42 Å². The van der Waals surface area contributed by atoms with E-state index in [0.717, 1.165) is 5.56 Å². The van der Waals surface area contributed by atoms with Crippen LogP contribution in [0.2, 0.25) is 0 Å². The lowest BCUT2D eigenvalue weighted by molar-refractivity contribution is -0.127. The Bertz CT molecular complexity index is 646. The Morgan fingerprint density at radius 3 is 2.00 bits per heavy atom. The number of hydrogen-bond acceptors (Lipinski definition) is 2. The molecule has 0 spiro atoms. The van der Waals surface area contributed by atoms with Crippen LogP contribution in [-0.4, -0.2) is 16.5 Å². The Morgan fingerprint density at radius 1 is 1.00 bits per heavy atom. The van der Waals surface area contributed by atoms with Crippen molar-refractivity contribution in [2.24, 2.45) is 5.92 Å². The second kappa shape index (κ2) is 5.69. The van der Waals surface area contributed by atoms with Crippen molar-refractivity contribution in [3.63, 3.8) is 0 Å². The monoisotopic (exact) mass is 294 g/mol. The molecule has 0 aliphatic heterocycles. The van der Waals surface area contributed by atoms with Crippen molar-refractivity contribution in [1.82, 2.24) is 0 Å². The normalized spacial score (nSPS) is 31.1. The number of aliphatic hydroxyl groups is 1. The molecule has 0 saturated heterocycles. The molecule has 1 N–H and O–H groups in total. The summed E-state index contributed by atoms with van der Waals surface area (Å²) in [6, 6.07) is 20.4. The highest BCUT2D eigenvalue weighted by Crippen LogP contribution is 2.54. The molecule has 1 aliphatic rings. The van der Waals surface area contributed by atoms with E-state index in [1.54, 1.807) is 13.8 Å². The quantitative estimate of drug-likeness (QED) is 0.931. The van der Waals surface area contributed by atoms with Crippen LogP contribution in [0, 0.1) is 5.92 Å². The zero-order valence-electron chi connectivity index (χ0n) is 13.1. The predicted octanol–water partition coefficient (Wildman–Crippen LogP) is 3.91. The third-order valence-corrected chi connectivity index (χ3v) is 4.95. The molecule has 114 valence electrons. The van der Waals surface area contributed by atoms with Gasteiger partial charge in [0.15, 0.2) is 0 Å². The summed E-state index contributed by atoms with van der Waals surface area (Å²) in [7, 11) is 0. The van der Waals surface area contributed by atoms with Crippen molar-refractivity contribution in [2.45, 2.75) is 37.7 Å². The fourth-order valence-corrected chi connectivity index (χ4v) is 4.13. The van der Waals surface area contributed by atoms with Crippen molar-refractivity contribution in [2.75, 3.05) is 0 Å². The number of hydrogen-bond donors (Lipinski definition) is 1. The molecular formula is C20H22O2. The van der Waals surface area contributed by atoms with Gasteiger partial charge in [-0.2, -0.15) is 0 Å². The molecule has 0 unspecified atom stereocenters. The van der Waals surface area contributed by atoms with Gasteiger partial charge < -0.3 is 5.11 Å². The summed E-state index contributed by atoms with van der Waals surface area (Å²) >= 11 is 0. The fraction of sp³-hybridized carbons (Fsp3) is 0.350. The van der Waals surface area contributed by atoms with Crippen molar-refractivity contribution in [3.05, 3.63) is 71.8 Å². The maximum Gasteiger partial charge on any atom is 0.136 e. The van der Waals surface area contributed by atoms with Gasteiger partial charge >= 0.3 is 0 Å². The van der Waals surface area contributed by atoms with Crippen molar-refractivity contribution >= 4 is 5.78 Å². The molecule has 1 fully saturated rings. The number of Topliss-reactive ketones (excluding diaryl/α,β-unsaturated/α-hetero) is 1. The molecule has 1 aliphatic carbocycles. The zero-order valence-corrected chi connectivity index (χ0v) is 13.1. The lowest BCUT2D eigenvalue weighted by Gasteiger charge is -2.28. The van der Waals surface area contributed by atoms with Gasteiger partial charge in [-0.15, -0.1) is 0 Å². The van der Waals surface area contributed by atoms with Gasteiger partial charge in [0.05, 0.1) is 11.5 Å². The molecule has 0 radical (unpaired) electrons. The van der Waals surface area contributed by atoms with Gasteiger partial charge in [0.25, 0.3) is 0 Å². The van der Waals surface area contributed by atoms with E-state index in [4.69, 9.17) is 0 Å². The van der Waals surface area contributed by atoms with Crippen LogP contribution in [0.1, 0.15) is 43.2 Å². The maximum absolute atomic E-state index is 12.3. The highest BCUT2D eigenvalue weighted by atomic mass is 16.3. The topological polar surface area (TPSA) is 37.3 Å². The lowest BCUT2D eigenvalue weighted by atomic mass is 9.77. The van der Waals surface area contributed by atoms with Gasteiger partial charge in [0.1, 0.15) is 5.78 Å². The number of ketones is 1. The second-order valence-electron chi connectivity index (χ2n) is 6.60. The minimum absolute atomic E-state index is 0.0242. The highest BCUT2D eigenvalue weighted by molar-refractivity contribution is 5.81. The Morgan fingerprint density at radius 2 is 1.50 bits per heavy atom. The zero-order chi connectivity index (χ0) is 15.7. The molecule has 1 saturated carbocycles. The van der Waals surface area contributed by atoms with Crippen LogP contribution in [0.3, 0.4) is 0 Å². The summed E-state index contributed by atoms with van der Waals surface area (Å²) in [4.78, 5) is 12.3. The van der Waals surface area contributed by atoms with Crippen LogP contribution in [-0.2, 0) is 4.79 Å². The maximum atomic E-state index is 12.3. The number of rotatable bonds is 3. The summed E-state index contributed by atoms with van der Waals surface area (Å²) in [6.07, 6.45) is 0.612. The van der Waals surface area contributed by atoms with Crippen LogP contribution < -0.4 is 0 Å². The van der Waals surface area contributed by atoms with E-state index in [2.05, 4.69) is 24.3 Å². The lowest BCUT2D eigenvalue weighted by Crippen LogP contribution is -2.36. The van der Waals surface area contributed by atoms with Crippen LogP contribution >= 0.6 is 0 Å². The summed E-state index contributed by atoms with van der Waals surface area (Å²) in [6.45, 7) is 3.40. The number of benzene rings is 2. The minimum Gasteiger partial charge on any atom is -0.389 e. The summed E-state index contributed by atoms with van der Waals surface area (Å²) in [5.41, 5.74) is 1.36. The molecule has 2 nitrogen and oxygen atoms in total. The van der Waals surface area contributed by atoms with Crippen LogP contribution in [0.4, 0.5) is 0 Å². The van der Waals surface area contributed by atoms with Gasteiger partial charge in [-0.3, -0.25) is 4.79 Å². The summed E-state index contributed by atoms with van der Waals surface area (Å²) < 4.78 is 0.